The van der Waals surface area contributed by atoms with Crippen LogP contribution in [0.3, 0.4) is 0 Å². The third-order valence-corrected chi connectivity index (χ3v) is 7.46. The highest BCUT2D eigenvalue weighted by Gasteiger charge is 2.34. The Morgan fingerprint density at radius 2 is 2.03 bits per heavy atom. The van der Waals surface area contributed by atoms with Crippen molar-refractivity contribution in [2.45, 2.75) is 32.1 Å². The van der Waals surface area contributed by atoms with Crippen LogP contribution in [0.1, 0.15) is 23.9 Å². The Bertz CT molecular complexity index is 1200. The second kappa shape index (κ2) is 7.72. The van der Waals surface area contributed by atoms with Gasteiger partial charge >= 0.3 is 0 Å². The molecule has 0 aliphatic rings. The van der Waals surface area contributed by atoms with Crippen molar-refractivity contribution in [3.63, 3.8) is 0 Å². The van der Waals surface area contributed by atoms with Crippen LogP contribution in [0, 0.1) is 13.8 Å². The van der Waals surface area contributed by atoms with Gasteiger partial charge in [-0.15, -0.1) is 0 Å². The van der Waals surface area contributed by atoms with Crippen LogP contribution in [-0.4, -0.2) is 47.0 Å². The average molecular weight is 439 g/mol. The normalized spacial score (nSPS) is 11.8. The van der Waals surface area contributed by atoms with Crippen molar-refractivity contribution in [2.75, 3.05) is 13.7 Å². The van der Waals surface area contributed by atoms with Crippen LogP contribution in [0.15, 0.2) is 23.1 Å². The number of hydrogen-bond acceptors (Lipinski definition) is 5. The van der Waals surface area contributed by atoms with E-state index in [4.69, 9.17) is 16.3 Å². The standard InChI is InChI=1S/C19H23ClN4O4S/c1-6-24(29(26,27)18-12(3)22-23(4)19(18)20)17(25)10-14-11(2)21-16-8-7-13(28-5)9-15(14)16/h7-9,21H,6,10H2,1-5H3. The highest BCUT2D eigenvalue weighted by molar-refractivity contribution is 7.89. The van der Waals surface area contributed by atoms with Gasteiger partial charge in [-0.05, 0) is 44.5 Å². The predicted molar refractivity (Wildman–Crippen MR) is 111 cm³/mol. The lowest BCUT2D eigenvalue weighted by atomic mass is 10.1. The number of aryl methyl sites for hydroxylation is 3. The molecule has 1 N–H and O–H groups in total. The maximum Gasteiger partial charge on any atom is 0.271 e. The second-order valence-corrected chi connectivity index (χ2v) is 8.87. The first-order valence-corrected chi connectivity index (χ1v) is 10.8. The number of carbonyl (C=O) groups excluding carboxylic acids is 1. The van der Waals surface area contributed by atoms with E-state index in [1.807, 2.05) is 25.1 Å². The highest BCUT2D eigenvalue weighted by Crippen LogP contribution is 2.30. The topological polar surface area (TPSA) is 97.3 Å². The molecule has 0 unspecified atom stereocenters. The van der Waals surface area contributed by atoms with Gasteiger partial charge in [0.25, 0.3) is 10.0 Å². The van der Waals surface area contributed by atoms with Crippen LogP contribution < -0.4 is 4.74 Å². The number of H-pyrrole nitrogens is 1. The van der Waals surface area contributed by atoms with Gasteiger partial charge in [0.15, 0.2) is 0 Å². The van der Waals surface area contributed by atoms with Crippen LogP contribution in [0.25, 0.3) is 10.9 Å². The highest BCUT2D eigenvalue weighted by atomic mass is 35.5. The average Bonchev–Trinajstić information content (AvgIpc) is 3.10. The number of aromatic nitrogens is 3. The number of nitrogens with one attached hydrogen (secondary N) is 1. The van der Waals surface area contributed by atoms with E-state index in [9.17, 15) is 13.2 Å². The minimum Gasteiger partial charge on any atom is -0.497 e. The molecule has 3 aromatic rings. The fourth-order valence-electron chi connectivity index (χ4n) is 3.45. The zero-order valence-electron chi connectivity index (χ0n) is 16.9. The Morgan fingerprint density at radius 1 is 1.34 bits per heavy atom. The molecule has 0 saturated heterocycles. The first-order chi connectivity index (χ1) is 13.6. The molecular weight excluding hydrogens is 416 g/mol. The van der Waals surface area contributed by atoms with Gasteiger partial charge in [0.05, 0.1) is 19.2 Å². The number of aromatic amines is 1. The molecule has 0 bridgehead atoms. The number of sulfonamides is 1. The fourth-order valence-corrected chi connectivity index (χ4v) is 5.57. The smallest absolute Gasteiger partial charge is 0.271 e. The predicted octanol–water partition coefficient (Wildman–Crippen LogP) is 2.96. The molecule has 0 fully saturated rings. The Morgan fingerprint density at radius 3 is 2.59 bits per heavy atom. The number of hydrogen-bond donors (Lipinski definition) is 1. The van der Waals surface area contributed by atoms with Gasteiger partial charge in [0.2, 0.25) is 5.91 Å². The summed E-state index contributed by atoms with van der Waals surface area (Å²) in [6.07, 6.45) is -0.0804. The van der Waals surface area contributed by atoms with E-state index in [2.05, 4.69) is 10.1 Å². The van der Waals surface area contributed by atoms with Crippen LogP contribution in [-0.2, 0) is 28.3 Å². The lowest BCUT2D eigenvalue weighted by Gasteiger charge is -2.21. The molecule has 0 aliphatic carbocycles. The third kappa shape index (κ3) is 3.60. The molecule has 0 aliphatic heterocycles. The zero-order chi connectivity index (χ0) is 21.5. The molecule has 2 aromatic heterocycles. The van der Waals surface area contributed by atoms with Gasteiger partial charge < -0.3 is 9.72 Å². The number of benzene rings is 1. The monoisotopic (exact) mass is 438 g/mol. The molecule has 0 saturated carbocycles. The van der Waals surface area contributed by atoms with Crippen LogP contribution in [0.4, 0.5) is 0 Å². The fraction of sp³-hybridized carbons (Fsp3) is 0.368. The van der Waals surface area contributed by atoms with Gasteiger partial charge in [0.1, 0.15) is 15.8 Å². The second-order valence-electron chi connectivity index (χ2n) is 6.71. The number of fused-ring (bicyclic) bond motifs is 1. The van der Waals surface area contributed by atoms with E-state index in [1.54, 1.807) is 28.0 Å². The van der Waals surface area contributed by atoms with E-state index in [0.29, 0.717) is 5.75 Å². The van der Waals surface area contributed by atoms with Crippen LogP contribution in [0.5, 0.6) is 5.75 Å². The van der Waals surface area contributed by atoms with Gasteiger partial charge in [-0.1, -0.05) is 11.6 Å². The summed E-state index contributed by atoms with van der Waals surface area (Å²) in [6, 6.07) is 5.51. The molecule has 156 valence electrons. The quantitative estimate of drug-likeness (QED) is 0.638. The van der Waals surface area contributed by atoms with E-state index in [-0.39, 0.29) is 28.7 Å². The molecule has 0 spiro atoms. The number of ether oxygens (including phenoxy) is 1. The van der Waals surface area contributed by atoms with Crippen molar-refractivity contribution >= 4 is 38.4 Å². The number of rotatable bonds is 6. The van der Waals surface area contributed by atoms with Gasteiger partial charge in [-0.2, -0.15) is 5.10 Å². The zero-order valence-corrected chi connectivity index (χ0v) is 18.5. The number of carbonyl (C=O) groups is 1. The summed E-state index contributed by atoms with van der Waals surface area (Å²) in [4.78, 5) is 16.2. The molecule has 1 aromatic carbocycles. The third-order valence-electron chi connectivity index (χ3n) is 4.87. The maximum absolute atomic E-state index is 13.2. The molecule has 1 amide bonds. The van der Waals surface area contributed by atoms with Gasteiger partial charge in [-0.25, -0.2) is 12.7 Å². The number of methoxy groups -OCH3 is 1. The molecule has 3 rings (SSSR count). The summed E-state index contributed by atoms with van der Waals surface area (Å²) < 4.78 is 33.7. The maximum atomic E-state index is 13.2. The summed E-state index contributed by atoms with van der Waals surface area (Å²) in [7, 11) is -1.02. The van der Waals surface area contributed by atoms with Crippen LogP contribution >= 0.6 is 11.6 Å². The molecule has 10 heteroatoms. The molecule has 0 radical (unpaired) electrons. The Balaban J connectivity index is 2.01. The van der Waals surface area contributed by atoms with Crippen molar-refractivity contribution < 1.29 is 17.9 Å². The Kier molecular flexibility index (Phi) is 5.64. The summed E-state index contributed by atoms with van der Waals surface area (Å²) in [5.74, 6) is 0.113. The Labute approximate surface area is 174 Å². The molecular formula is C19H23ClN4O4S. The van der Waals surface area contributed by atoms with E-state index in [0.717, 1.165) is 26.5 Å². The van der Waals surface area contributed by atoms with Gasteiger partial charge in [0, 0.05) is 30.2 Å². The van der Waals surface area contributed by atoms with E-state index >= 15 is 0 Å². The van der Waals surface area contributed by atoms with Crippen molar-refractivity contribution in [2.24, 2.45) is 7.05 Å². The van der Waals surface area contributed by atoms with Gasteiger partial charge in [-0.3, -0.25) is 9.48 Å². The largest absolute Gasteiger partial charge is 0.497 e. The summed E-state index contributed by atoms with van der Waals surface area (Å²) in [6.45, 7) is 4.99. The SMILES string of the molecule is CCN(C(=O)Cc1c(C)[nH]c2ccc(OC)cc12)S(=O)(=O)c1c(C)nn(C)c1Cl. The number of amides is 1. The lowest BCUT2D eigenvalue weighted by Crippen LogP contribution is -2.38. The van der Waals surface area contributed by atoms with Crippen molar-refractivity contribution in [3.05, 3.63) is 40.3 Å². The number of nitrogens with zero attached hydrogens (tertiary/aromatic N) is 3. The summed E-state index contributed by atoms with van der Waals surface area (Å²) in [5, 5.41) is 4.84. The lowest BCUT2D eigenvalue weighted by molar-refractivity contribution is -0.125. The molecule has 2 heterocycles. The molecule has 8 nitrogen and oxygen atoms in total. The van der Waals surface area contributed by atoms with Crippen molar-refractivity contribution in [1.29, 1.82) is 0 Å². The Hall–Kier alpha value is -2.52. The summed E-state index contributed by atoms with van der Waals surface area (Å²) >= 11 is 6.15. The first kappa shape index (κ1) is 21.2. The van der Waals surface area contributed by atoms with Crippen molar-refractivity contribution in [1.82, 2.24) is 19.1 Å². The van der Waals surface area contributed by atoms with Crippen molar-refractivity contribution in [3.8, 4) is 5.75 Å². The van der Waals surface area contributed by atoms with Crippen LogP contribution in [0.2, 0.25) is 5.15 Å². The van der Waals surface area contributed by atoms with E-state index in [1.165, 1.54) is 4.68 Å². The molecule has 29 heavy (non-hydrogen) atoms. The van der Waals surface area contributed by atoms with E-state index < -0.39 is 15.9 Å². The summed E-state index contributed by atoms with van der Waals surface area (Å²) in [5.41, 5.74) is 2.62. The first-order valence-electron chi connectivity index (χ1n) is 9.01. The number of halogens is 1. The minimum atomic E-state index is -4.14. The minimum absolute atomic E-state index is 0.0173. The molecule has 0 atom stereocenters. The number of likely N-dealkylation sites (N-methyl/N-ethyl adjacent to an activating group) is 1.